The lowest BCUT2D eigenvalue weighted by Gasteiger charge is -2.08. The van der Waals surface area contributed by atoms with Gasteiger partial charge >= 0.3 is 0 Å². The van der Waals surface area contributed by atoms with Crippen LogP contribution in [0.3, 0.4) is 0 Å². The summed E-state index contributed by atoms with van der Waals surface area (Å²) < 4.78 is 27.5. The van der Waals surface area contributed by atoms with Crippen LogP contribution >= 0.6 is 15.9 Å². The molecule has 1 nitrogen and oxygen atoms in total. The maximum Gasteiger partial charge on any atom is 0.131 e. The van der Waals surface area contributed by atoms with E-state index in [4.69, 9.17) is 0 Å². The van der Waals surface area contributed by atoms with Crippen LogP contribution in [0.1, 0.15) is 11.1 Å². The smallest absolute Gasteiger partial charge is 0.131 e. The Labute approximate surface area is 113 Å². The van der Waals surface area contributed by atoms with Gasteiger partial charge in [0.25, 0.3) is 0 Å². The molecule has 1 N–H and O–H groups in total. The number of hydrogen-bond acceptors (Lipinski definition) is 1. The topological polar surface area (TPSA) is 12.0 Å². The van der Waals surface area contributed by atoms with E-state index < -0.39 is 11.6 Å². The number of hydrogen-bond donors (Lipinski definition) is 1. The van der Waals surface area contributed by atoms with Gasteiger partial charge in [0.1, 0.15) is 11.6 Å². The predicted octanol–water partition coefficient (Wildman–Crippen LogP) is 4.02. The summed E-state index contributed by atoms with van der Waals surface area (Å²) in [6.07, 6.45) is 0. The summed E-state index contributed by atoms with van der Waals surface area (Å²) in [5.74, 6) is -1.08. The van der Waals surface area contributed by atoms with Crippen LogP contribution < -0.4 is 5.32 Å². The monoisotopic (exact) mass is 311 g/mol. The molecule has 2 aromatic carbocycles. The van der Waals surface area contributed by atoms with Crippen LogP contribution in [0.5, 0.6) is 0 Å². The van der Waals surface area contributed by atoms with Crippen molar-refractivity contribution in [3.8, 4) is 0 Å². The lowest BCUT2D eigenvalue weighted by Crippen LogP contribution is -2.15. The Morgan fingerprint density at radius 2 is 1.56 bits per heavy atom. The van der Waals surface area contributed by atoms with E-state index in [-0.39, 0.29) is 12.1 Å². The first-order chi connectivity index (χ1) is 8.66. The van der Waals surface area contributed by atoms with Crippen LogP contribution in [0.25, 0.3) is 0 Å². The molecule has 0 aromatic heterocycles. The fourth-order valence-electron chi connectivity index (χ4n) is 1.67. The first-order valence-corrected chi connectivity index (χ1v) is 6.34. The zero-order valence-corrected chi connectivity index (χ0v) is 11.2. The van der Waals surface area contributed by atoms with Crippen molar-refractivity contribution in [2.45, 2.75) is 13.1 Å². The van der Waals surface area contributed by atoms with E-state index in [0.717, 1.165) is 5.56 Å². The van der Waals surface area contributed by atoms with Gasteiger partial charge in [-0.15, -0.1) is 0 Å². The molecule has 0 bridgehead atoms. The summed E-state index contributed by atoms with van der Waals surface area (Å²) in [5, 5.41) is 3.02. The number of nitrogens with one attached hydrogen (secondary N) is 1. The lowest BCUT2D eigenvalue weighted by atomic mass is 10.2. The summed E-state index contributed by atoms with van der Waals surface area (Å²) >= 11 is 3.05. The summed E-state index contributed by atoms with van der Waals surface area (Å²) in [6, 6.07) is 12.2. The minimum absolute atomic E-state index is 0.0640. The van der Waals surface area contributed by atoms with Crippen molar-refractivity contribution in [2.24, 2.45) is 0 Å². The molecule has 0 saturated heterocycles. The molecule has 94 valence electrons. The second-order valence-corrected chi connectivity index (χ2v) is 4.85. The van der Waals surface area contributed by atoms with Gasteiger partial charge in [0, 0.05) is 23.1 Å². The van der Waals surface area contributed by atoms with Crippen molar-refractivity contribution in [1.82, 2.24) is 5.32 Å². The average molecular weight is 312 g/mol. The van der Waals surface area contributed by atoms with Gasteiger partial charge in [0.05, 0.1) is 0 Å². The minimum atomic E-state index is -0.539. The minimum Gasteiger partial charge on any atom is -0.308 e. The van der Waals surface area contributed by atoms with E-state index in [2.05, 4.69) is 21.2 Å². The number of rotatable bonds is 4. The van der Waals surface area contributed by atoms with E-state index in [9.17, 15) is 8.78 Å². The second kappa shape index (κ2) is 6.07. The highest BCUT2D eigenvalue weighted by molar-refractivity contribution is 9.10. The van der Waals surface area contributed by atoms with E-state index in [1.165, 1.54) is 12.1 Å². The average Bonchev–Trinajstić information content (AvgIpc) is 2.34. The van der Waals surface area contributed by atoms with Crippen LogP contribution in [0, 0.1) is 11.6 Å². The van der Waals surface area contributed by atoms with Gasteiger partial charge in [0.15, 0.2) is 0 Å². The molecule has 2 rings (SSSR count). The van der Waals surface area contributed by atoms with Gasteiger partial charge in [0.2, 0.25) is 0 Å². The maximum absolute atomic E-state index is 13.5. The molecule has 0 atom stereocenters. The third-order valence-corrected chi connectivity index (χ3v) is 3.04. The zero-order valence-electron chi connectivity index (χ0n) is 9.59. The summed E-state index contributed by atoms with van der Waals surface area (Å²) in [5.41, 5.74) is 1.14. The first kappa shape index (κ1) is 13.2. The van der Waals surface area contributed by atoms with E-state index in [1.807, 2.05) is 30.3 Å². The molecule has 0 saturated carbocycles. The molecule has 0 unspecified atom stereocenters. The molecule has 2 aromatic rings. The Kier molecular flexibility index (Phi) is 4.44. The molecular formula is C14H12BrF2N. The molecule has 0 heterocycles. The Morgan fingerprint density at radius 3 is 2.17 bits per heavy atom. The Morgan fingerprint density at radius 1 is 0.944 bits per heavy atom. The number of benzene rings is 2. The van der Waals surface area contributed by atoms with E-state index in [1.54, 1.807) is 0 Å². The standard InChI is InChI=1S/C14H12BrF2N/c15-11-6-13(16)12(14(17)7-11)9-18-8-10-4-2-1-3-5-10/h1-7,18H,8-9H2. The fraction of sp³-hybridized carbons (Fsp3) is 0.143. The second-order valence-electron chi connectivity index (χ2n) is 3.94. The summed E-state index contributed by atoms with van der Waals surface area (Å²) in [6.45, 7) is 0.746. The van der Waals surface area contributed by atoms with Gasteiger partial charge in [-0.05, 0) is 17.7 Å². The third kappa shape index (κ3) is 3.37. The molecule has 0 spiro atoms. The Balaban J connectivity index is 1.99. The highest BCUT2D eigenvalue weighted by Gasteiger charge is 2.09. The van der Waals surface area contributed by atoms with Crippen LogP contribution in [-0.4, -0.2) is 0 Å². The summed E-state index contributed by atoms with van der Waals surface area (Å²) in [4.78, 5) is 0. The first-order valence-electron chi connectivity index (χ1n) is 5.55. The van der Waals surface area contributed by atoms with Crippen molar-refractivity contribution in [3.63, 3.8) is 0 Å². The molecular weight excluding hydrogens is 300 g/mol. The molecule has 0 aliphatic carbocycles. The molecule has 0 radical (unpaired) electrons. The maximum atomic E-state index is 13.5. The molecule has 4 heteroatoms. The van der Waals surface area contributed by atoms with Crippen molar-refractivity contribution >= 4 is 15.9 Å². The molecule has 0 fully saturated rings. The van der Waals surface area contributed by atoms with Gasteiger partial charge in [-0.25, -0.2) is 8.78 Å². The van der Waals surface area contributed by atoms with Crippen LogP contribution in [-0.2, 0) is 13.1 Å². The molecule has 0 amide bonds. The highest BCUT2D eigenvalue weighted by Crippen LogP contribution is 2.19. The van der Waals surface area contributed by atoms with Gasteiger partial charge in [-0.2, -0.15) is 0 Å². The van der Waals surface area contributed by atoms with Crippen molar-refractivity contribution in [3.05, 3.63) is 69.7 Å². The Hall–Kier alpha value is -1.26. The molecule has 18 heavy (non-hydrogen) atoms. The van der Waals surface area contributed by atoms with Gasteiger partial charge in [-0.3, -0.25) is 0 Å². The fourth-order valence-corrected chi connectivity index (χ4v) is 2.07. The quantitative estimate of drug-likeness (QED) is 0.899. The van der Waals surface area contributed by atoms with Gasteiger partial charge < -0.3 is 5.32 Å². The predicted molar refractivity (Wildman–Crippen MR) is 71.0 cm³/mol. The molecule has 0 aliphatic rings. The van der Waals surface area contributed by atoms with E-state index in [0.29, 0.717) is 11.0 Å². The SMILES string of the molecule is Fc1cc(Br)cc(F)c1CNCc1ccccc1. The van der Waals surface area contributed by atoms with Crippen molar-refractivity contribution in [1.29, 1.82) is 0 Å². The van der Waals surface area contributed by atoms with Crippen molar-refractivity contribution in [2.75, 3.05) is 0 Å². The lowest BCUT2D eigenvalue weighted by molar-refractivity contribution is 0.534. The van der Waals surface area contributed by atoms with Crippen LogP contribution in [0.4, 0.5) is 8.78 Å². The van der Waals surface area contributed by atoms with E-state index >= 15 is 0 Å². The largest absolute Gasteiger partial charge is 0.308 e. The Bertz CT molecular complexity index is 506. The zero-order chi connectivity index (χ0) is 13.0. The third-order valence-electron chi connectivity index (χ3n) is 2.58. The van der Waals surface area contributed by atoms with Crippen LogP contribution in [0.15, 0.2) is 46.9 Å². The highest BCUT2D eigenvalue weighted by atomic mass is 79.9. The van der Waals surface area contributed by atoms with Crippen molar-refractivity contribution < 1.29 is 8.78 Å². The van der Waals surface area contributed by atoms with Gasteiger partial charge in [-0.1, -0.05) is 46.3 Å². The number of halogens is 3. The summed E-state index contributed by atoms with van der Waals surface area (Å²) in [7, 11) is 0. The molecule has 0 aliphatic heterocycles. The normalized spacial score (nSPS) is 10.6. The van der Waals surface area contributed by atoms with Crippen LogP contribution in [0.2, 0.25) is 0 Å².